The molecule has 1 aromatic heterocycles. The highest BCUT2D eigenvalue weighted by Crippen LogP contribution is 2.42. The van der Waals surface area contributed by atoms with Gasteiger partial charge in [-0.2, -0.15) is 13.2 Å². The van der Waals surface area contributed by atoms with Crippen molar-refractivity contribution in [2.75, 3.05) is 24.1 Å². The van der Waals surface area contributed by atoms with Crippen molar-refractivity contribution in [3.05, 3.63) is 46.9 Å². The molecule has 2 aliphatic rings. The lowest BCUT2D eigenvalue weighted by Crippen LogP contribution is -2.66. The fourth-order valence-corrected chi connectivity index (χ4v) is 4.90. The molecule has 2 aromatic rings. The molecule has 0 saturated carbocycles. The first-order valence-corrected chi connectivity index (χ1v) is 11.0. The fraction of sp³-hybridized carbons (Fsp3) is 0.429. The molecule has 2 unspecified atom stereocenters. The molecule has 2 amide bonds. The number of rotatable bonds is 4. The Kier molecular flexibility index (Phi) is 6.47. The maximum absolute atomic E-state index is 15.2. The maximum Gasteiger partial charge on any atom is 0.394 e. The van der Waals surface area contributed by atoms with Gasteiger partial charge in [-0.3, -0.25) is 9.59 Å². The SMILES string of the molecule is Nc1ncnc([C@@]2(Nc3cc(F)cc(Cl)c3)CCCN(C3C(=O)NCCC3C(F)(F)F)C2=O)c1F. The van der Waals surface area contributed by atoms with Crippen molar-refractivity contribution in [2.24, 2.45) is 5.92 Å². The van der Waals surface area contributed by atoms with E-state index in [4.69, 9.17) is 17.3 Å². The molecule has 0 bridgehead atoms. The number of nitrogens with one attached hydrogen (secondary N) is 2. The highest BCUT2D eigenvalue weighted by atomic mass is 35.5. The molecule has 35 heavy (non-hydrogen) atoms. The molecule has 1 aromatic carbocycles. The lowest BCUT2D eigenvalue weighted by atomic mass is 9.80. The van der Waals surface area contributed by atoms with Gasteiger partial charge in [0.2, 0.25) is 5.91 Å². The summed E-state index contributed by atoms with van der Waals surface area (Å²) in [6.07, 6.45) is -4.38. The Morgan fingerprint density at radius 1 is 1.20 bits per heavy atom. The van der Waals surface area contributed by atoms with Crippen LogP contribution in [-0.4, -0.2) is 52.0 Å². The monoisotopic (exact) mass is 518 g/mol. The quantitative estimate of drug-likeness (QED) is 0.536. The van der Waals surface area contributed by atoms with Crippen LogP contribution in [0.5, 0.6) is 0 Å². The van der Waals surface area contributed by atoms with E-state index in [1.807, 2.05) is 0 Å². The predicted octanol–water partition coefficient (Wildman–Crippen LogP) is 2.99. The highest BCUT2D eigenvalue weighted by molar-refractivity contribution is 6.30. The molecule has 3 atom stereocenters. The third-order valence-corrected chi connectivity index (χ3v) is 6.40. The molecule has 2 aliphatic heterocycles. The average Bonchev–Trinajstić information content (AvgIpc) is 2.76. The molecule has 2 fully saturated rings. The number of halogens is 6. The van der Waals surface area contributed by atoms with Crippen LogP contribution in [0.4, 0.5) is 33.5 Å². The summed E-state index contributed by atoms with van der Waals surface area (Å²) < 4.78 is 70.7. The number of carbonyl (C=O) groups is 2. The van der Waals surface area contributed by atoms with Crippen molar-refractivity contribution in [3.63, 3.8) is 0 Å². The van der Waals surface area contributed by atoms with Crippen molar-refractivity contribution < 1.29 is 31.5 Å². The number of nitrogen functional groups attached to an aromatic ring is 1. The van der Waals surface area contributed by atoms with Crippen LogP contribution in [0.1, 0.15) is 25.0 Å². The fourth-order valence-electron chi connectivity index (χ4n) is 4.68. The van der Waals surface area contributed by atoms with Crippen LogP contribution >= 0.6 is 11.6 Å². The van der Waals surface area contributed by atoms with Gasteiger partial charge in [-0.05, 0) is 37.5 Å². The Morgan fingerprint density at radius 3 is 2.63 bits per heavy atom. The minimum atomic E-state index is -4.77. The van der Waals surface area contributed by atoms with E-state index in [0.29, 0.717) is 0 Å². The Hall–Kier alpha value is -3.22. The third kappa shape index (κ3) is 4.56. The van der Waals surface area contributed by atoms with Crippen molar-refractivity contribution in [1.82, 2.24) is 20.2 Å². The number of aromatic nitrogens is 2. The summed E-state index contributed by atoms with van der Waals surface area (Å²) in [5, 5.41) is 5.05. The van der Waals surface area contributed by atoms with Crippen molar-refractivity contribution in [3.8, 4) is 0 Å². The van der Waals surface area contributed by atoms with Gasteiger partial charge in [0.15, 0.2) is 17.2 Å². The Bertz CT molecular complexity index is 1150. The second kappa shape index (κ2) is 9.10. The normalized spacial score (nSPS) is 25.4. The predicted molar refractivity (Wildman–Crippen MR) is 115 cm³/mol. The second-order valence-corrected chi connectivity index (χ2v) is 8.82. The summed E-state index contributed by atoms with van der Waals surface area (Å²) in [7, 11) is 0. The topological polar surface area (TPSA) is 113 Å². The number of benzene rings is 1. The van der Waals surface area contributed by atoms with Gasteiger partial charge in [0.25, 0.3) is 5.91 Å². The highest BCUT2D eigenvalue weighted by Gasteiger charge is 2.57. The second-order valence-electron chi connectivity index (χ2n) is 8.38. The first kappa shape index (κ1) is 24.9. The Morgan fingerprint density at radius 2 is 1.94 bits per heavy atom. The average molecular weight is 519 g/mol. The van der Waals surface area contributed by atoms with E-state index in [-0.39, 0.29) is 36.6 Å². The number of anilines is 2. The molecule has 14 heteroatoms. The van der Waals surface area contributed by atoms with E-state index in [0.717, 1.165) is 23.4 Å². The zero-order valence-electron chi connectivity index (χ0n) is 18.0. The van der Waals surface area contributed by atoms with Crippen LogP contribution in [0.15, 0.2) is 24.5 Å². The van der Waals surface area contributed by atoms with E-state index in [1.54, 1.807) is 0 Å². The molecule has 0 radical (unpaired) electrons. The number of carbonyl (C=O) groups excluding carboxylic acids is 2. The van der Waals surface area contributed by atoms with E-state index >= 15 is 4.39 Å². The summed E-state index contributed by atoms with van der Waals surface area (Å²) in [5.41, 5.74) is 2.86. The lowest BCUT2D eigenvalue weighted by Gasteiger charge is -2.47. The largest absolute Gasteiger partial charge is 0.394 e. The molecular weight excluding hydrogens is 499 g/mol. The molecule has 0 aliphatic carbocycles. The van der Waals surface area contributed by atoms with Gasteiger partial charge in [0.1, 0.15) is 23.9 Å². The van der Waals surface area contributed by atoms with Gasteiger partial charge >= 0.3 is 6.18 Å². The number of likely N-dealkylation sites (tertiary alicyclic amines) is 1. The van der Waals surface area contributed by atoms with E-state index in [1.165, 1.54) is 6.07 Å². The summed E-state index contributed by atoms with van der Waals surface area (Å²) in [6.45, 7) is -0.400. The molecule has 8 nitrogen and oxygen atoms in total. The minimum absolute atomic E-state index is 0.0470. The summed E-state index contributed by atoms with van der Waals surface area (Å²) >= 11 is 5.92. The van der Waals surface area contributed by atoms with Crippen LogP contribution in [0.3, 0.4) is 0 Å². The molecule has 0 spiro atoms. The Balaban J connectivity index is 1.85. The number of alkyl halides is 3. The molecule has 4 N–H and O–H groups in total. The maximum atomic E-state index is 15.2. The first-order valence-electron chi connectivity index (χ1n) is 10.6. The standard InChI is InChI=1S/C21H20ClF5N6O2/c22-10-6-11(23)8-12(7-10)32-20(16-14(24)17(28)31-9-30-16)3-1-5-33(19(20)35)15-13(21(25,26)27)2-4-29-18(15)34/h6-9,13,15,32H,1-5H2,(H,29,34)(H2,28,30,31)/t13?,15?,20-/m0/s1. The smallest absolute Gasteiger partial charge is 0.381 e. The third-order valence-electron chi connectivity index (χ3n) is 6.18. The van der Waals surface area contributed by atoms with Gasteiger partial charge < -0.3 is 21.3 Å². The Labute approximate surface area is 201 Å². The van der Waals surface area contributed by atoms with Crippen LogP contribution in [0, 0.1) is 17.6 Å². The first-order chi connectivity index (χ1) is 16.4. The number of nitrogens with zero attached hydrogens (tertiary/aromatic N) is 3. The van der Waals surface area contributed by atoms with Crippen molar-refractivity contribution in [2.45, 2.75) is 37.0 Å². The molecule has 188 valence electrons. The summed E-state index contributed by atoms with van der Waals surface area (Å²) in [5.74, 6) is -6.68. The zero-order valence-corrected chi connectivity index (χ0v) is 18.8. The van der Waals surface area contributed by atoms with E-state index < -0.39 is 65.1 Å². The molecule has 3 heterocycles. The zero-order chi connectivity index (χ0) is 25.5. The van der Waals surface area contributed by atoms with Gasteiger partial charge in [-0.25, -0.2) is 18.7 Å². The van der Waals surface area contributed by atoms with Crippen molar-refractivity contribution >= 4 is 34.9 Å². The molecule has 2 saturated heterocycles. The number of amides is 2. The molecular formula is C21H20ClF5N6O2. The van der Waals surface area contributed by atoms with Crippen LogP contribution in [-0.2, 0) is 15.1 Å². The number of piperidine rings is 2. The van der Waals surface area contributed by atoms with Crippen LogP contribution < -0.4 is 16.4 Å². The van der Waals surface area contributed by atoms with E-state index in [9.17, 15) is 27.2 Å². The van der Waals surface area contributed by atoms with Crippen molar-refractivity contribution in [1.29, 1.82) is 0 Å². The number of hydrogen-bond acceptors (Lipinski definition) is 6. The van der Waals surface area contributed by atoms with Gasteiger partial charge in [-0.15, -0.1) is 0 Å². The number of nitrogens with two attached hydrogens (primary N) is 1. The molecule has 4 rings (SSSR count). The lowest BCUT2D eigenvalue weighted by molar-refractivity contribution is -0.202. The number of hydrogen-bond donors (Lipinski definition) is 3. The summed E-state index contributed by atoms with van der Waals surface area (Å²) in [4.78, 5) is 34.7. The van der Waals surface area contributed by atoms with Gasteiger partial charge in [-0.1, -0.05) is 11.6 Å². The van der Waals surface area contributed by atoms with Gasteiger partial charge in [0.05, 0.1) is 5.92 Å². The van der Waals surface area contributed by atoms with Crippen LogP contribution in [0.2, 0.25) is 5.02 Å². The van der Waals surface area contributed by atoms with E-state index in [2.05, 4.69) is 20.6 Å². The minimum Gasteiger partial charge on any atom is -0.381 e. The summed E-state index contributed by atoms with van der Waals surface area (Å²) in [6, 6.07) is 1.36. The van der Waals surface area contributed by atoms with Crippen LogP contribution in [0.25, 0.3) is 0 Å². The van der Waals surface area contributed by atoms with Gasteiger partial charge in [0, 0.05) is 23.8 Å².